The van der Waals surface area contributed by atoms with Crippen molar-refractivity contribution in [1.82, 2.24) is 15.0 Å². The van der Waals surface area contributed by atoms with Crippen molar-refractivity contribution in [1.29, 1.82) is 0 Å². The van der Waals surface area contributed by atoms with E-state index >= 15 is 0 Å². The highest BCUT2D eigenvalue weighted by Crippen LogP contribution is 2.65. The molecule has 0 saturated heterocycles. The molecule has 1 aromatic heterocycles. The van der Waals surface area contributed by atoms with Gasteiger partial charge in [-0.2, -0.15) is 0 Å². The third-order valence-corrected chi connectivity index (χ3v) is 12.1. The zero-order valence-electron chi connectivity index (χ0n) is 30.9. The van der Waals surface area contributed by atoms with Gasteiger partial charge in [0.25, 0.3) is 0 Å². The van der Waals surface area contributed by atoms with Crippen molar-refractivity contribution in [3.8, 4) is 67.5 Å². The molecule has 0 unspecified atom stereocenters. The zero-order chi connectivity index (χ0) is 37.5. The summed E-state index contributed by atoms with van der Waals surface area (Å²) in [6.45, 7) is 0. The van der Waals surface area contributed by atoms with Crippen LogP contribution >= 0.6 is 0 Å². The Hall–Kier alpha value is -7.49. The van der Waals surface area contributed by atoms with E-state index in [1.807, 2.05) is 60.7 Å². The summed E-state index contributed by atoms with van der Waals surface area (Å²) >= 11 is 0. The molecular weight excluding hydrogens is 691 g/mol. The minimum absolute atomic E-state index is 0.453. The van der Waals surface area contributed by atoms with Crippen molar-refractivity contribution >= 4 is 21.5 Å². The molecule has 10 aromatic rings. The van der Waals surface area contributed by atoms with Gasteiger partial charge in [-0.15, -0.1) is 0 Å². The molecule has 57 heavy (non-hydrogen) atoms. The standard InChI is InChI=1S/C54H33N3/c1-3-15-35(16-4-1)51-55-52(36-17-5-2-6-18-36)57-53(56-51)40-20-13-19-37(33-40)38-27-29-42-39(32-38)28-31-46-45-30-26-34-14-7-8-21-41(34)49(45)54(50(42)46)47-24-11-9-22-43(47)44-23-10-12-25-48(44)54/h1-33H. The second-order valence-corrected chi connectivity index (χ2v) is 15.1. The van der Waals surface area contributed by atoms with Crippen LogP contribution < -0.4 is 0 Å². The van der Waals surface area contributed by atoms with E-state index in [0.717, 1.165) is 27.8 Å². The van der Waals surface area contributed by atoms with Gasteiger partial charge in [0.15, 0.2) is 17.5 Å². The topological polar surface area (TPSA) is 38.7 Å². The first-order chi connectivity index (χ1) is 28.3. The van der Waals surface area contributed by atoms with Crippen LogP contribution in [0.4, 0.5) is 0 Å². The van der Waals surface area contributed by atoms with Gasteiger partial charge >= 0.3 is 0 Å². The first-order valence-electron chi connectivity index (χ1n) is 19.5. The molecule has 0 fully saturated rings. The maximum atomic E-state index is 5.02. The van der Waals surface area contributed by atoms with Crippen molar-refractivity contribution < 1.29 is 0 Å². The van der Waals surface area contributed by atoms with Gasteiger partial charge in [-0.3, -0.25) is 0 Å². The highest BCUT2D eigenvalue weighted by atomic mass is 15.0. The first-order valence-corrected chi connectivity index (χ1v) is 19.5. The fourth-order valence-electron chi connectivity index (χ4n) is 9.71. The molecule has 1 heterocycles. The maximum Gasteiger partial charge on any atom is 0.164 e. The largest absolute Gasteiger partial charge is 0.208 e. The lowest BCUT2D eigenvalue weighted by Gasteiger charge is -2.32. The number of hydrogen-bond acceptors (Lipinski definition) is 3. The Bertz CT molecular complexity index is 3140. The Balaban J connectivity index is 1.05. The van der Waals surface area contributed by atoms with Gasteiger partial charge in [0.2, 0.25) is 0 Å². The predicted octanol–water partition coefficient (Wildman–Crippen LogP) is 13.2. The molecule has 0 bridgehead atoms. The smallest absolute Gasteiger partial charge is 0.164 e. The Morgan fingerprint density at radius 1 is 0.281 bits per heavy atom. The lowest BCUT2D eigenvalue weighted by molar-refractivity contribution is 0.809. The van der Waals surface area contributed by atoms with Crippen molar-refractivity contribution in [2.45, 2.75) is 5.41 Å². The molecule has 3 nitrogen and oxygen atoms in total. The SMILES string of the molecule is c1ccc(-c2nc(-c3ccccc3)nc(-c3cccc(-c4ccc5c6c(ccc5c4)-c4ccc5ccccc5c4C64c5ccccc5-c5ccccc54)c3)n2)cc1. The van der Waals surface area contributed by atoms with Gasteiger partial charge in [-0.05, 0) is 89.3 Å². The van der Waals surface area contributed by atoms with Crippen molar-refractivity contribution in [2.24, 2.45) is 0 Å². The second-order valence-electron chi connectivity index (χ2n) is 15.1. The Morgan fingerprint density at radius 3 is 1.40 bits per heavy atom. The third kappa shape index (κ3) is 4.63. The normalized spacial score (nSPS) is 13.1. The van der Waals surface area contributed by atoms with E-state index in [4.69, 9.17) is 15.0 Å². The highest BCUT2D eigenvalue weighted by molar-refractivity contribution is 6.09. The van der Waals surface area contributed by atoms with Crippen molar-refractivity contribution in [2.75, 3.05) is 0 Å². The summed E-state index contributed by atoms with van der Waals surface area (Å²) in [5.74, 6) is 1.96. The predicted molar refractivity (Wildman–Crippen MR) is 233 cm³/mol. The monoisotopic (exact) mass is 723 g/mol. The molecule has 1 spiro atoms. The van der Waals surface area contributed by atoms with Crippen LogP contribution in [-0.2, 0) is 5.41 Å². The quantitative estimate of drug-likeness (QED) is 0.181. The molecule has 9 aromatic carbocycles. The molecule has 0 atom stereocenters. The summed E-state index contributed by atoms with van der Waals surface area (Å²) in [5, 5.41) is 5.06. The third-order valence-electron chi connectivity index (χ3n) is 12.1. The van der Waals surface area contributed by atoms with Gasteiger partial charge in [0.05, 0.1) is 5.41 Å². The zero-order valence-corrected chi connectivity index (χ0v) is 30.9. The molecule has 264 valence electrons. The number of hydrogen-bond donors (Lipinski definition) is 0. The van der Waals surface area contributed by atoms with Gasteiger partial charge in [0, 0.05) is 16.7 Å². The summed E-state index contributed by atoms with van der Waals surface area (Å²) in [6.07, 6.45) is 0. The van der Waals surface area contributed by atoms with Gasteiger partial charge in [0.1, 0.15) is 0 Å². The fourth-order valence-corrected chi connectivity index (χ4v) is 9.71. The van der Waals surface area contributed by atoms with Crippen LogP contribution in [0.1, 0.15) is 22.3 Å². The van der Waals surface area contributed by atoms with E-state index in [0.29, 0.717) is 17.5 Å². The van der Waals surface area contributed by atoms with E-state index < -0.39 is 5.41 Å². The second kappa shape index (κ2) is 12.3. The molecule has 2 aliphatic carbocycles. The molecule has 0 N–H and O–H groups in total. The van der Waals surface area contributed by atoms with Crippen molar-refractivity contribution in [3.63, 3.8) is 0 Å². The van der Waals surface area contributed by atoms with Crippen LogP contribution in [0.5, 0.6) is 0 Å². The summed E-state index contributed by atoms with van der Waals surface area (Å²) < 4.78 is 0. The van der Waals surface area contributed by atoms with E-state index in [9.17, 15) is 0 Å². The molecule has 0 amide bonds. The Labute approximate surface area is 330 Å². The van der Waals surface area contributed by atoms with Crippen LogP contribution in [-0.4, -0.2) is 15.0 Å². The van der Waals surface area contributed by atoms with Crippen LogP contribution in [0.25, 0.3) is 89.1 Å². The molecule has 12 rings (SSSR count). The van der Waals surface area contributed by atoms with E-state index in [2.05, 4.69) is 140 Å². The van der Waals surface area contributed by atoms with E-state index in [1.165, 1.54) is 66.1 Å². The molecule has 0 saturated carbocycles. The number of rotatable bonds is 4. The van der Waals surface area contributed by atoms with E-state index in [1.54, 1.807) is 0 Å². The number of nitrogens with zero attached hydrogens (tertiary/aromatic N) is 3. The lowest BCUT2D eigenvalue weighted by atomic mass is 9.68. The number of fused-ring (bicyclic) bond motifs is 14. The molecular formula is C54H33N3. The van der Waals surface area contributed by atoms with Gasteiger partial charge < -0.3 is 0 Å². The summed E-state index contributed by atoms with van der Waals surface area (Å²) in [4.78, 5) is 15.0. The van der Waals surface area contributed by atoms with Crippen LogP contribution in [0.15, 0.2) is 200 Å². The minimum atomic E-state index is -0.453. The molecule has 0 radical (unpaired) electrons. The Morgan fingerprint density at radius 2 is 0.754 bits per heavy atom. The summed E-state index contributed by atoms with van der Waals surface area (Å²) in [7, 11) is 0. The highest BCUT2D eigenvalue weighted by Gasteiger charge is 2.53. The first kappa shape index (κ1) is 31.8. The average molecular weight is 724 g/mol. The number of aromatic nitrogens is 3. The van der Waals surface area contributed by atoms with Crippen LogP contribution in [0.3, 0.4) is 0 Å². The fraction of sp³-hybridized carbons (Fsp3) is 0.0185. The van der Waals surface area contributed by atoms with Crippen LogP contribution in [0, 0.1) is 0 Å². The number of benzene rings is 9. The molecule has 3 heteroatoms. The van der Waals surface area contributed by atoms with Crippen molar-refractivity contribution in [3.05, 3.63) is 222 Å². The van der Waals surface area contributed by atoms with Crippen LogP contribution in [0.2, 0.25) is 0 Å². The average Bonchev–Trinajstić information content (AvgIpc) is 3.77. The summed E-state index contributed by atoms with van der Waals surface area (Å²) in [6, 6.07) is 72.2. The molecule has 0 aliphatic heterocycles. The van der Waals surface area contributed by atoms with Gasteiger partial charge in [-0.1, -0.05) is 188 Å². The lowest BCUT2D eigenvalue weighted by Crippen LogP contribution is -2.26. The molecule has 2 aliphatic rings. The summed E-state index contributed by atoms with van der Waals surface area (Å²) in [5.41, 5.74) is 15.4. The van der Waals surface area contributed by atoms with Gasteiger partial charge in [-0.25, -0.2) is 15.0 Å². The maximum absolute atomic E-state index is 5.02. The minimum Gasteiger partial charge on any atom is -0.208 e. The van der Waals surface area contributed by atoms with E-state index in [-0.39, 0.29) is 0 Å². The Kier molecular flexibility index (Phi) is 6.84.